The van der Waals surface area contributed by atoms with Gasteiger partial charge >= 0.3 is 5.69 Å². The van der Waals surface area contributed by atoms with Gasteiger partial charge in [-0.1, -0.05) is 23.9 Å². The van der Waals surface area contributed by atoms with Gasteiger partial charge in [-0.3, -0.25) is 18.7 Å². The van der Waals surface area contributed by atoms with Crippen molar-refractivity contribution in [2.45, 2.75) is 23.8 Å². The number of anilines is 1. The second-order valence-corrected chi connectivity index (χ2v) is 7.87. The van der Waals surface area contributed by atoms with Gasteiger partial charge in [-0.2, -0.15) is 0 Å². The summed E-state index contributed by atoms with van der Waals surface area (Å²) in [6.45, 7) is 1.60. The largest absolute Gasteiger partial charge is 0.497 e. The van der Waals surface area contributed by atoms with Crippen molar-refractivity contribution in [3.63, 3.8) is 0 Å². The third kappa shape index (κ3) is 4.15. The Morgan fingerprint density at radius 2 is 1.87 bits per heavy atom. The Morgan fingerprint density at radius 1 is 1.20 bits per heavy atom. The van der Waals surface area contributed by atoms with Crippen LogP contribution in [0, 0.1) is 0 Å². The number of nitrogens with two attached hydrogens (primary N) is 1. The molecule has 2 N–H and O–H groups in total. The zero-order valence-corrected chi connectivity index (χ0v) is 17.7. The fourth-order valence-corrected chi connectivity index (χ4v) is 3.53. The van der Waals surface area contributed by atoms with Crippen LogP contribution in [0.15, 0.2) is 43.5 Å². The molecule has 1 unspecified atom stereocenters. The average molecular weight is 431 g/mol. The number of benzene rings is 1. The molecule has 0 fully saturated rings. The fraction of sp³-hybridized carbons (Fsp3) is 0.316. The summed E-state index contributed by atoms with van der Waals surface area (Å²) < 4.78 is 12.7. The molecule has 2 heterocycles. The zero-order chi connectivity index (χ0) is 22.0. The van der Waals surface area contributed by atoms with E-state index < -0.39 is 22.3 Å². The highest BCUT2D eigenvalue weighted by Gasteiger charge is 2.26. The number of thioether (sulfide) groups is 1. The number of nitrogens with zero attached hydrogens (tertiary/aromatic N) is 4. The van der Waals surface area contributed by atoms with Gasteiger partial charge in [0.15, 0.2) is 5.78 Å². The highest BCUT2D eigenvalue weighted by molar-refractivity contribution is 8.00. The molecule has 1 aromatic carbocycles. The number of ether oxygens (including phenoxy) is 1. The van der Waals surface area contributed by atoms with E-state index in [9.17, 15) is 14.4 Å². The topological polar surface area (TPSA) is 135 Å². The maximum absolute atomic E-state index is 12.8. The van der Waals surface area contributed by atoms with Gasteiger partial charge in [0.1, 0.15) is 17.1 Å². The number of methoxy groups -OCH3 is 1. The Kier molecular flexibility index (Phi) is 6.11. The van der Waals surface area contributed by atoms with Gasteiger partial charge in [-0.25, -0.2) is 4.79 Å². The first-order valence-electron chi connectivity index (χ1n) is 8.94. The molecule has 0 spiro atoms. The van der Waals surface area contributed by atoms with Crippen LogP contribution in [-0.4, -0.2) is 37.5 Å². The highest BCUT2D eigenvalue weighted by atomic mass is 32.2. The van der Waals surface area contributed by atoms with Gasteiger partial charge in [0.05, 0.1) is 18.8 Å². The Hall–Kier alpha value is -3.34. The van der Waals surface area contributed by atoms with Crippen LogP contribution in [0.1, 0.15) is 28.7 Å². The fourth-order valence-electron chi connectivity index (χ4n) is 2.77. The Balaban J connectivity index is 1.75. The van der Waals surface area contributed by atoms with Crippen molar-refractivity contribution in [2.75, 3.05) is 12.8 Å². The highest BCUT2D eigenvalue weighted by Crippen LogP contribution is 2.25. The molecule has 0 bridgehead atoms. The van der Waals surface area contributed by atoms with E-state index in [4.69, 9.17) is 14.9 Å². The van der Waals surface area contributed by atoms with Gasteiger partial charge in [0.25, 0.3) is 10.8 Å². The van der Waals surface area contributed by atoms with Crippen LogP contribution in [0.2, 0.25) is 0 Å². The molecule has 0 radical (unpaired) electrons. The molecule has 0 aliphatic rings. The van der Waals surface area contributed by atoms with Gasteiger partial charge < -0.3 is 14.9 Å². The van der Waals surface area contributed by atoms with Gasteiger partial charge in [0.2, 0.25) is 5.89 Å². The van der Waals surface area contributed by atoms with Crippen LogP contribution in [0.25, 0.3) is 0 Å². The van der Waals surface area contributed by atoms with Crippen molar-refractivity contribution in [3.8, 4) is 5.75 Å². The standard InChI is InChI=1S/C19H21N5O5S/c1-10(15(25)14-16(20)23(2)19(27)24(3)17(14)26)30-18-22-21-13(29-18)9-11-5-7-12(28-4)8-6-11/h5-8,10H,9,20H2,1-4H3. The molecule has 0 aliphatic heterocycles. The lowest BCUT2D eigenvalue weighted by Crippen LogP contribution is -2.42. The predicted octanol–water partition coefficient (Wildman–Crippen LogP) is 1.01. The average Bonchev–Trinajstić information content (AvgIpc) is 3.18. The number of hydrogen-bond acceptors (Lipinski definition) is 9. The zero-order valence-electron chi connectivity index (χ0n) is 16.9. The van der Waals surface area contributed by atoms with E-state index in [1.54, 1.807) is 14.0 Å². The molecule has 11 heteroatoms. The first kappa shape index (κ1) is 21.4. The van der Waals surface area contributed by atoms with Crippen LogP contribution >= 0.6 is 11.8 Å². The van der Waals surface area contributed by atoms with Crippen LogP contribution in [0.4, 0.5) is 5.82 Å². The molecule has 0 aliphatic carbocycles. The molecule has 2 aromatic heterocycles. The molecular formula is C19H21N5O5S. The Labute approximate surface area is 175 Å². The minimum atomic E-state index is -0.737. The number of carbonyl (C=O) groups is 1. The Bertz CT molecular complexity index is 1200. The third-order valence-corrected chi connectivity index (χ3v) is 5.50. The van der Waals surface area contributed by atoms with Crippen molar-refractivity contribution in [3.05, 3.63) is 62.1 Å². The van der Waals surface area contributed by atoms with E-state index in [2.05, 4.69) is 10.2 Å². The number of aromatic nitrogens is 4. The van der Waals surface area contributed by atoms with Crippen LogP contribution in [0.3, 0.4) is 0 Å². The summed E-state index contributed by atoms with van der Waals surface area (Å²) in [5.41, 5.74) is 5.24. The number of ketones is 1. The number of carbonyl (C=O) groups excluding carboxylic acids is 1. The summed E-state index contributed by atoms with van der Waals surface area (Å²) in [6.07, 6.45) is 0.425. The predicted molar refractivity (Wildman–Crippen MR) is 111 cm³/mol. The molecule has 1 atom stereocenters. The number of rotatable bonds is 7. The minimum Gasteiger partial charge on any atom is -0.497 e. The first-order chi connectivity index (χ1) is 14.2. The first-order valence-corrected chi connectivity index (χ1v) is 9.82. The van der Waals surface area contributed by atoms with Crippen LogP contribution in [0.5, 0.6) is 5.75 Å². The van der Waals surface area contributed by atoms with E-state index in [0.29, 0.717) is 12.3 Å². The van der Waals surface area contributed by atoms with Crippen LogP contribution in [-0.2, 0) is 20.5 Å². The lowest BCUT2D eigenvalue weighted by Gasteiger charge is -2.13. The van der Waals surface area contributed by atoms with Crippen LogP contribution < -0.4 is 21.7 Å². The molecule has 3 aromatic rings. The summed E-state index contributed by atoms with van der Waals surface area (Å²) >= 11 is 1.02. The van der Waals surface area contributed by atoms with Crippen molar-refractivity contribution >= 4 is 23.4 Å². The maximum Gasteiger partial charge on any atom is 0.332 e. The van der Waals surface area contributed by atoms with E-state index in [-0.39, 0.29) is 16.6 Å². The monoisotopic (exact) mass is 431 g/mol. The van der Waals surface area contributed by atoms with E-state index in [1.807, 2.05) is 24.3 Å². The molecule has 0 amide bonds. The minimum absolute atomic E-state index is 0.175. The van der Waals surface area contributed by atoms with Crippen molar-refractivity contribution in [2.24, 2.45) is 14.1 Å². The van der Waals surface area contributed by atoms with Crippen molar-refractivity contribution in [1.29, 1.82) is 0 Å². The van der Waals surface area contributed by atoms with E-state index in [1.165, 1.54) is 14.1 Å². The summed E-state index contributed by atoms with van der Waals surface area (Å²) in [7, 11) is 4.29. The molecular weight excluding hydrogens is 410 g/mol. The van der Waals surface area contributed by atoms with Gasteiger partial charge in [0, 0.05) is 14.1 Å². The van der Waals surface area contributed by atoms with Crippen molar-refractivity contribution in [1.82, 2.24) is 19.3 Å². The molecule has 3 rings (SSSR count). The number of Topliss-reactive ketones (excluding diaryl/α,β-unsaturated/α-hetero) is 1. The quantitative estimate of drug-likeness (QED) is 0.429. The molecule has 10 nitrogen and oxygen atoms in total. The summed E-state index contributed by atoms with van der Waals surface area (Å²) in [5.74, 6) is 0.436. The summed E-state index contributed by atoms with van der Waals surface area (Å²) in [4.78, 5) is 37.2. The van der Waals surface area contributed by atoms with E-state index in [0.717, 1.165) is 32.2 Å². The Morgan fingerprint density at radius 3 is 2.50 bits per heavy atom. The smallest absolute Gasteiger partial charge is 0.332 e. The number of hydrogen-bond donors (Lipinski definition) is 1. The molecule has 158 valence electrons. The van der Waals surface area contributed by atoms with Gasteiger partial charge in [-0.15, -0.1) is 10.2 Å². The summed E-state index contributed by atoms with van der Waals surface area (Å²) in [6, 6.07) is 7.45. The number of nitrogen functional groups attached to an aromatic ring is 1. The normalized spacial score (nSPS) is 12.0. The maximum atomic E-state index is 12.8. The molecule has 30 heavy (non-hydrogen) atoms. The molecule has 0 saturated heterocycles. The molecule has 0 saturated carbocycles. The second kappa shape index (κ2) is 8.57. The third-order valence-electron chi connectivity index (χ3n) is 4.57. The second-order valence-electron chi connectivity index (χ2n) is 6.58. The lowest BCUT2D eigenvalue weighted by atomic mass is 10.1. The lowest BCUT2D eigenvalue weighted by molar-refractivity contribution is 0.0991. The summed E-state index contributed by atoms with van der Waals surface area (Å²) in [5, 5.41) is 7.42. The van der Waals surface area contributed by atoms with Gasteiger partial charge in [-0.05, 0) is 24.6 Å². The SMILES string of the molecule is COc1ccc(Cc2nnc(SC(C)C(=O)c3c(N)n(C)c(=O)n(C)c3=O)o2)cc1. The van der Waals surface area contributed by atoms with Crippen molar-refractivity contribution < 1.29 is 13.9 Å². The van der Waals surface area contributed by atoms with E-state index >= 15 is 0 Å².